The standard InChI is InChI=1S/C17H23N3O/c1-4-8-18-17(21)13-19-9-11-20(12-10-19)16-7-5-6-14(2)15(16)3/h1,5-7H,8-13H2,2-3H3,(H,18,21)/p+1. The number of carbonyl (C=O) groups is 1. The zero-order valence-electron chi connectivity index (χ0n) is 12.9. The number of hydrogen-bond donors (Lipinski definition) is 2. The summed E-state index contributed by atoms with van der Waals surface area (Å²) >= 11 is 0. The van der Waals surface area contributed by atoms with E-state index in [2.05, 4.69) is 48.2 Å². The molecule has 1 aliphatic heterocycles. The molecule has 0 bridgehead atoms. The van der Waals surface area contributed by atoms with Crippen LogP contribution in [0.5, 0.6) is 0 Å². The van der Waals surface area contributed by atoms with Crippen molar-refractivity contribution in [3.63, 3.8) is 0 Å². The van der Waals surface area contributed by atoms with Gasteiger partial charge in [0.15, 0.2) is 6.54 Å². The molecule has 21 heavy (non-hydrogen) atoms. The maximum Gasteiger partial charge on any atom is 0.275 e. The Bertz CT molecular complexity index is 539. The molecule has 0 aromatic heterocycles. The molecule has 1 aromatic carbocycles. The Balaban J connectivity index is 1.87. The summed E-state index contributed by atoms with van der Waals surface area (Å²) in [5.41, 5.74) is 4.01. The number of aryl methyl sites for hydroxylation is 1. The number of hydrogen-bond acceptors (Lipinski definition) is 2. The number of rotatable bonds is 4. The van der Waals surface area contributed by atoms with E-state index in [0.29, 0.717) is 13.1 Å². The molecule has 0 unspecified atom stereocenters. The highest BCUT2D eigenvalue weighted by Gasteiger charge is 2.23. The first-order valence-corrected chi connectivity index (χ1v) is 7.46. The van der Waals surface area contributed by atoms with Gasteiger partial charge in [-0.1, -0.05) is 18.1 Å². The van der Waals surface area contributed by atoms with Crippen LogP contribution >= 0.6 is 0 Å². The summed E-state index contributed by atoms with van der Waals surface area (Å²) in [6, 6.07) is 6.45. The van der Waals surface area contributed by atoms with E-state index in [4.69, 9.17) is 6.42 Å². The molecule has 0 aliphatic carbocycles. The highest BCUT2D eigenvalue weighted by molar-refractivity contribution is 5.77. The molecule has 112 valence electrons. The molecule has 2 rings (SSSR count). The van der Waals surface area contributed by atoms with Crippen molar-refractivity contribution in [2.45, 2.75) is 13.8 Å². The van der Waals surface area contributed by atoms with Gasteiger partial charge in [0, 0.05) is 5.69 Å². The Labute approximate surface area is 127 Å². The Morgan fingerprint density at radius 3 is 2.76 bits per heavy atom. The largest absolute Gasteiger partial charge is 0.360 e. The lowest BCUT2D eigenvalue weighted by atomic mass is 10.1. The molecule has 2 N–H and O–H groups in total. The molecular weight excluding hydrogens is 262 g/mol. The summed E-state index contributed by atoms with van der Waals surface area (Å²) in [7, 11) is 0. The van der Waals surface area contributed by atoms with Crippen molar-refractivity contribution in [3.8, 4) is 12.3 Å². The molecule has 0 spiro atoms. The fourth-order valence-electron chi connectivity index (χ4n) is 2.76. The van der Waals surface area contributed by atoms with Crippen LogP contribution in [0.1, 0.15) is 11.1 Å². The fourth-order valence-corrected chi connectivity index (χ4v) is 2.76. The summed E-state index contributed by atoms with van der Waals surface area (Å²) < 4.78 is 0. The van der Waals surface area contributed by atoms with Gasteiger partial charge in [0.25, 0.3) is 5.91 Å². The highest BCUT2D eigenvalue weighted by atomic mass is 16.2. The minimum Gasteiger partial charge on any atom is -0.360 e. The van der Waals surface area contributed by atoms with Gasteiger partial charge >= 0.3 is 0 Å². The van der Waals surface area contributed by atoms with Crippen molar-refractivity contribution < 1.29 is 9.69 Å². The summed E-state index contributed by atoms with van der Waals surface area (Å²) in [5.74, 6) is 2.47. The van der Waals surface area contributed by atoms with Crippen LogP contribution in [0.3, 0.4) is 0 Å². The Morgan fingerprint density at radius 2 is 2.10 bits per heavy atom. The van der Waals surface area contributed by atoms with E-state index in [-0.39, 0.29) is 5.91 Å². The molecule has 1 aromatic rings. The van der Waals surface area contributed by atoms with Crippen LogP contribution in [0.2, 0.25) is 0 Å². The smallest absolute Gasteiger partial charge is 0.275 e. The van der Waals surface area contributed by atoms with Crippen LogP contribution in [0.25, 0.3) is 0 Å². The lowest BCUT2D eigenvalue weighted by molar-refractivity contribution is -0.892. The summed E-state index contributed by atoms with van der Waals surface area (Å²) in [5, 5.41) is 2.73. The van der Waals surface area contributed by atoms with Gasteiger partial charge in [0.2, 0.25) is 0 Å². The van der Waals surface area contributed by atoms with Gasteiger partial charge < -0.3 is 15.1 Å². The predicted molar refractivity (Wildman–Crippen MR) is 85.5 cm³/mol. The zero-order chi connectivity index (χ0) is 15.2. The van der Waals surface area contributed by atoms with E-state index in [0.717, 1.165) is 26.2 Å². The minimum absolute atomic E-state index is 0.0446. The topological polar surface area (TPSA) is 36.8 Å². The van der Waals surface area contributed by atoms with Crippen molar-refractivity contribution in [2.24, 2.45) is 0 Å². The third-order valence-corrected chi connectivity index (χ3v) is 4.19. The predicted octanol–water partition coefficient (Wildman–Crippen LogP) is -0.242. The van der Waals surface area contributed by atoms with E-state index >= 15 is 0 Å². The van der Waals surface area contributed by atoms with E-state index in [1.54, 1.807) is 0 Å². The average Bonchev–Trinajstić information content (AvgIpc) is 2.49. The van der Waals surface area contributed by atoms with Crippen molar-refractivity contribution in [1.82, 2.24) is 5.32 Å². The van der Waals surface area contributed by atoms with E-state index in [1.165, 1.54) is 21.7 Å². The number of amides is 1. The molecule has 4 nitrogen and oxygen atoms in total. The summed E-state index contributed by atoms with van der Waals surface area (Å²) in [6.45, 7) is 9.11. The van der Waals surface area contributed by atoms with Crippen LogP contribution in [-0.4, -0.2) is 45.2 Å². The van der Waals surface area contributed by atoms with Crippen LogP contribution in [0.4, 0.5) is 5.69 Å². The number of nitrogens with one attached hydrogen (secondary N) is 2. The van der Waals surface area contributed by atoms with E-state index in [1.807, 2.05) is 0 Å². The third-order valence-electron chi connectivity index (χ3n) is 4.19. The van der Waals surface area contributed by atoms with Crippen molar-refractivity contribution >= 4 is 11.6 Å². The summed E-state index contributed by atoms with van der Waals surface area (Å²) in [4.78, 5) is 15.4. The van der Waals surface area contributed by atoms with E-state index in [9.17, 15) is 4.79 Å². The first-order valence-electron chi connectivity index (χ1n) is 7.46. The van der Waals surface area contributed by atoms with Crippen molar-refractivity contribution in [2.75, 3.05) is 44.2 Å². The normalized spacial score (nSPS) is 15.6. The molecule has 1 heterocycles. The van der Waals surface area contributed by atoms with E-state index < -0.39 is 0 Å². The average molecular weight is 286 g/mol. The van der Waals surface area contributed by atoms with Gasteiger partial charge in [-0.3, -0.25) is 4.79 Å². The van der Waals surface area contributed by atoms with Crippen molar-refractivity contribution in [3.05, 3.63) is 29.3 Å². The van der Waals surface area contributed by atoms with Crippen LogP contribution in [-0.2, 0) is 4.79 Å². The number of piperazine rings is 1. The Morgan fingerprint density at radius 1 is 1.38 bits per heavy atom. The third kappa shape index (κ3) is 3.99. The lowest BCUT2D eigenvalue weighted by Gasteiger charge is -2.34. The second-order valence-electron chi connectivity index (χ2n) is 5.61. The molecule has 1 fully saturated rings. The van der Waals surface area contributed by atoms with Gasteiger partial charge in [-0.25, -0.2) is 0 Å². The quantitative estimate of drug-likeness (QED) is 0.750. The van der Waals surface area contributed by atoms with Gasteiger partial charge in [-0.15, -0.1) is 6.42 Å². The summed E-state index contributed by atoms with van der Waals surface area (Å²) in [6.07, 6.45) is 5.14. The molecule has 1 saturated heterocycles. The second-order valence-corrected chi connectivity index (χ2v) is 5.61. The van der Waals surface area contributed by atoms with Crippen molar-refractivity contribution in [1.29, 1.82) is 0 Å². The van der Waals surface area contributed by atoms with Crippen LogP contribution < -0.4 is 15.1 Å². The number of carbonyl (C=O) groups excluding carboxylic acids is 1. The molecule has 0 saturated carbocycles. The van der Waals surface area contributed by atoms with Gasteiger partial charge in [0.1, 0.15) is 0 Å². The highest BCUT2D eigenvalue weighted by Crippen LogP contribution is 2.22. The Kier molecular flexibility index (Phi) is 5.24. The lowest BCUT2D eigenvalue weighted by Crippen LogP contribution is -3.16. The monoisotopic (exact) mass is 286 g/mol. The SMILES string of the molecule is C#CCNC(=O)C[NH+]1CCN(c2cccc(C)c2C)CC1. The van der Waals surface area contributed by atoms with Gasteiger partial charge in [0.05, 0.1) is 32.7 Å². The maximum absolute atomic E-state index is 11.7. The Hall–Kier alpha value is -1.99. The fraction of sp³-hybridized carbons (Fsp3) is 0.471. The molecular formula is C17H24N3O+. The molecule has 4 heteroatoms. The number of benzene rings is 1. The first-order chi connectivity index (χ1) is 10.1. The number of quaternary nitrogens is 1. The van der Waals surface area contributed by atoms with Crippen LogP contribution in [0, 0.1) is 26.2 Å². The minimum atomic E-state index is 0.0446. The maximum atomic E-state index is 11.7. The van der Waals surface area contributed by atoms with Gasteiger partial charge in [-0.2, -0.15) is 0 Å². The number of anilines is 1. The molecule has 1 amide bonds. The number of nitrogens with zero attached hydrogens (tertiary/aromatic N) is 1. The number of terminal acetylenes is 1. The second kappa shape index (κ2) is 7.14. The molecule has 0 radical (unpaired) electrons. The molecule has 1 aliphatic rings. The van der Waals surface area contributed by atoms with Crippen LogP contribution in [0.15, 0.2) is 18.2 Å². The zero-order valence-corrected chi connectivity index (χ0v) is 12.9. The first kappa shape index (κ1) is 15.4. The molecule has 0 atom stereocenters. The van der Waals surface area contributed by atoms with Gasteiger partial charge in [-0.05, 0) is 31.0 Å².